The number of halogens is 2. The van der Waals surface area contributed by atoms with E-state index < -0.39 is 23.7 Å². The normalized spacial score (nSPS) is 13.0. The summed E-state index contributed by atoms with van der Waals surface area (Å²) in [6, 6.07) is 12.1. The zero-order valence-electron chi connectivity index (χ0n) is 16.0. The standard InChI is InChI=1S/C21H22F2N2O4/c1-14(15-3-5-16(6-4-15)21(26)27-2)29-25-19(11-18(23)12-24)13-28-20-9-7-17(22)8-10-20/h3-12,14,25H,13,24H2,1-2H3/b18-12+,19-11+. The minimum atomic E-state index is -0.686. The van der Waals surface area contributed by atoms with Gasteiger partial charge >= 0.3 is 5.97 Å². The van der Waals surface area contributed by atoms with Crippen LogP contribution in [0.3, 0.4) is 0 Å². The molecule has 0 amide bonds. The summed E-state index contributed by atoms with van der Waals surface area (Å²) in [7, 11) is 1.31. The van der Waals surface area contributed by atoms with Gasteiger partial charge in [-0.15, -0.1) is 0 Å². The molecule has 1 atom stereocenters. The van der Waals surface area contributed by atoms with E-state index in [1.165, 1.54) is 31.4 Å². The highest BCUT2D eigenvalue weighted by atomic mass is 19.1. The number of hydroxylamine groups is 1. The van der Waals surface area contributed by atoms with Crippen LogP contribution in [0.4, 0.5) is 8.78 Å². The highest BCUT2D eigenvalue weighted by Gasteiger charge is 2.11. The van der Waals surface area contributed by atoms with Crippen LogP contribution >= 0.6 is 0 Å². The number of allylic oxidation sites excluding steroid dienone is 2. The van der Waals surface area contributed by atoms with Crippen molar-refractivity contribution < 1.29 is 27.9 Å². The summed E-state index contributed by atoms with van der Waals surface area (Å²) in [5.74, 6) is -1.11. The van der Waals surface area contributed by atoms with E-state index in [9.17, 15) is 13.6 Å². The molecule has 0 spiro atoms. The molecule has 29 heavy (non-hydrogen) atoms. The highest BCUT2D eigenvalue weighted by Crippen LogP contribution is 2.18. The zero-order chi connectivity index (χ0) is 21.2. The van der Waals surface area contributed by atoms with Crippen molar-refractivity contribution in [2.75, 3.05) is 13.7 Å². The molecule has 0 radical (unpaired) electrons. The molecule has 2 rings (SSSR count). The van der Waals surface area contributed by atoms with Crippen molar-refractivity contribution in [3.05, 3.63) is 89.3 Å². The molecular formula is C21H22F2N2O4. The summed E-state index contributed by atoms with van der Waals surface area (Å²) in [6.07, 6.45) is 1.49. The lowest BCUT2D eigenvalue weighted by Crippen LogP contribution is -2.21. The molecule has 0 fully saturated rings. The third kappa shape index (κ3) is 6.93. The molecule has 154 valence electrons. The first-order chi connectivity index (χ1) is 13.9. The van der Waals surface area contributed by atoms with Crippen LogP contribution in [-0.4, -0.2) is 19.7 Å². The van der Waals surface area contributed by atoms with Crippen LogP contribution in [0.1, 0.15) is 28.9 Å². The number of nitrogens with two attached hydrogens (primary N) is 1. The fourth-order valence-corrected chi connectivity index (χ4v) is 2.25. The smallest absolute Gasteiger partial charge is 0.337 e. The molecule has 8 heteroatoms. The van der Waals surface area contributed by atoms with E-state index in [-0.39, 0.29) is 12.3 Å². The minimum absolute atomic E-state index is 0.0686. The number of carbonyl (C=O) groups excluding carboxylic acids is 1. The van der Waals surface area contributed by atoms with Gasteiger partial charge in [0.1, 0.15) is 30.1 Å². The third-order valence-corrected chi connectivity index (χ3v) is 3.85. The molecule has 0 saturated carbocycles. The van der Waals surface area contributed by atoms with Gasteiger partial charge in [0.05, 0.1) is 18.4 Å². The summed E-state index contributed by atoms with van der Waals surface area (Å²) < 4.78 is 36.7. The van der Waals surface area contributed by atoms with E-state index in [1.807, 2.05) is 0 Å². The number of esters is 1. The van der Waals surface area contributed by atoms with E-state index in [0.717, 1.165) is 17.8 Å². The van der Waals surface area contributed by atoms with Crippen molar-refractivity contribution in [1.29, 1.82) is 0 Å². The summed E-state index contributed by atoms with van der Waals surface area (Å²) in [5, 5.41) is 0. The van der Waals surface area contributed by atoms with Crippen LogP contribution in [0.2, 0.25) is 0 Å². The molecule has 6 nitrogen and oxygen atoms in total. The van der Waals surface area contributed by atoms with Crippen LogP contribution in [0, 0.1) is 5.82 Å². The van der Waals surface area contributed by atoms with Gasteiger partial charge in [-0.3, -0.25) is 10.3 Å². The maximum atomic E-state index is 13.6. The van der Waals surface area contributed by atoms with Gasteiger partial charge < -0.3 is 15.2 Å². The minimum Gasteiger partial charge on any atom is -0.487 e. The lowest BCUT2D eigenvalue weighted by Gasteiger charge is -2.17. The molecule has 0 aliphatic rings. The van der Waals surface area contributed by atoms with Gasteiger partial charge in [-0.05, 0) is 48.9 Å². The number of ether oxygens (including phenoxy) is 2. The Bertz CT molecular complexity index is 865. The van der Waals surface area contributed by atoms with Crippen molar-refractivity contribution >= 4 is 5.97 Å². The van der Waals surface area contributed by atoms with E-state index >= 15 is 0 Å². The number of carbonyl (C=O) groups is 1. The van der Waals surface area contributed by atoms with Crippen LogP contribution in [-0.2, 0) is 9.57 Å². The summed E-state index contributed by atoms with van der Waals surface area (Å²) in [5.41, 5.74) is 9.27. The Kier molecular flexibility index (Phi) is 8.17. The average Bonchev–Trinajstić information content (AvgIpc) is 2.75. The van der Waals surface area contributed by atoms with Crippen LogP contribution in [0.5, 0.6) is 5.75 Å². The Hall–Kier alpha value is -3.39. The van der Waals surface area contributed by atoms with Crippen molar-refractivity contribution in [3.63, 3.8) is 0 Å². The highest BCUT2D eigenvalue weighted by molar-refractivity contribution is 5.89. The SMILES string of the molecule is COC(=O)c1ccc(C(C)ON/C(=C/C(F)=C\N)COc2ccc(F)cc2)cc1. The molecule has 2 aromatic rings. The molecule has 0 aliphatic carbocycles. The topological polar surface area (TPSA) is 82.8 Å². The van der Waals surface area contributed by atoms with E-state index in [1.54, 1.807) is 31.2 Å². The number of benzene rings is 2. The molecule has 1 unspecified atom stereocenters. The molecule has 0 saturated heterocycles. The Morgan fingerprint density at radius 2 is 1.83 bits per heavy atom. The van der Waals surface area contributed by atoms with Crippen LogP contribution < -0.4 is 16.0 Å². The molecule has 2 aromatic carbocycles. The Morgan fingerprint density at radius 3 is 2.41 bits per heavy atom. The average molecular weight is 404 g/mol. The van der Waals surface area contributed by atoms with Gasteiger partial charge in [-0.2, -0.15) is 0 Å². The van der Waals surface area contributed by atoms with Crippen LogP contribution in [0.25, 0.3) is 0 Å². The molecule has 0 aliphatic heterocycles. The summed E-state index contributed by atoms with van der Waals surface area (Å²) in [4.78, 5) is 17.0. The quantitative estimate of drug-likeness (QED) is 0.374. The molecule has 0 bridgehead atoms. The van der Waals surface area contributed by atoms with Crippen molar-refractivity contribution in [3.8, 4) is 5.75 Å². The number of hydrogen-bond donors (Lipinski definition) is 2. The maximum absolute atomic E-state index is 13.6. The Labute approximate surface area is 167 Å². The predicted molar refractivity (Wildman–Crippen MR) is 104 cm³/mol. The van der Waals surface area contributed by atoms with Gasteiger partial charge in [-0.1, -0.05) is 12.1 Å². The van der Waals surface area contributed by atoms with Gasteiger partial charge in [-0.25, -0.2) is 13.6 Å². The fourth-order valence-electron chi connectivity index (χ4n) is 2.25. The van der Waals surface area contributed by atoms with Crippen molar-refractivity contribution in [2.45, 2.75) is 13.0 Å². The van der Waals surface area contributed by atoms with Gasteiger partial charge in [0.2, 0.25) is 0 Å². The third-order valence-electron chi connectivity index (χ3n) is 3.85. The number of rotatable bonds is 9. The number of methoxy groups -OCH3 is 1. The van der Waals surface area contributed by atoms with Crippen LogP contribution in [0.15, 0.2) is 72.3 Å². The Morgan fingerprint density at radius 1 is 1.17 bits per heavy atom. The zero-order valence-corrected chi connectivity index (χ0v) is 16.0. The summed E-state index contributed by atoms with van der Waals surface area (Å²) >= 11 is 0. The summed E-state index contributed by atoms with van der Waals surface area (Å²) in [6.45, 7) is 1.70. The van der Waals surface area contributed by atoms with Crippen molar-refractivity contribution in [2.24, 2.45) is 5.73 Å². The fraction of sp³-hybridized carbons (Fsp3) is 0.190. The maximum Gasteiger partial charge on any atom is 0.337 e. The predicted octanol–water partition coefficient (Wildman–Crippen LogP) is 3.93. The molecule has 0 aromatic heterocycles. The van der Waals surface area contributed by atoms with Gasteiger partial charge in [0, 0.05) is 12.3 Å². The number of hydrogen-bond acceptors (Lipinski definition) is 6. The second-order valence-electron chi connectivity index (χ2n) is 5.94. The second kappa shape index (κ2) is 10.8. The van der Waals surface area contributed by atoms with E-state index in [0.29, 0.717) is 11.3 Å². The molecule has 3 N–H and O–H groups in total. The second-order valence-corrected chi connectivity index (χ2v) is 5.94. The number of nitrogens with one attached hydrogen (secondary N) is 1. The van der Waals surface area contributed by atoms with Gasteiger partial charge in [0.15, 0.2) is 0 Å². The van der Waals surface area contributed by atoms with E-state index in [2.05, 4.69) is 10.2 Å². The first kappa shape index (κ1) is 21.9. The van der Waals surface area contributed by atoms with Crippen molar-refractivity contribution in [1.82, 2.24) is 5.48 Å². The first-order valence-electron chi connectivity index (χ1n) is 8.69. The van der Waals surface area contributed by atoms with E-state index in [4.69, 9.17) is 15.3 Å². The molecular weight excluding hydrogens is 382 g/mol. The Balaban J connectivity index is 2.00. The lowest BCUT2D eigenvalue weighted by molar-refractivity contribution is -0.00288. The monoisotopic (exact) mass is 404 g/mol. The largest absolute Gasteiger partial charge is 0.487 e. The first-order valence-corrected chi connectivity index (χ1v) is 8.69. The van der Waals surface area contributed by atoms with Gasteiger partial charge in [0.25, 0.3) is 0 Å². The molecule has 0 heterocycles. The lowest BCUT2D eigenvalue weighted by atomic mass is 10.1.